The molecule has 0 bridgehead atoms. The molecule has 2 aromatic heterocycles. The summed E-state index contributed by atoms with van der Waals surface area (Å²) in [6, 6.07) is 3.03. The van der Waals surface area contributed by atoms with E-state index < -0.39 is 17.9 Å². The first-order valence-electron chi connectivity index (χ1n) is 7.71. The maximum atomic E-state index is 12.6. The fraction of sp³-hybridized carbons (Fsp3) is 0.333. The molecule has 1 atom stereocenters. The van der Waals surface area contributed by atoms with Crippen molar-refractivity contribution in [3.8, 4) is 5.88 Å². The average Bonchev–Trinajstić information content (AvgIpc) is 2.88. The molecule has 0 amide bonds. The Bertz CT molecular complexity index is 821. The molecule has 2 heterocycles. The third-order valence-corrected chi connectivity index (χ3v) is 3.87. The minimum absolute atomic E-state index is 0.126. The average molecular weight is 344 g/mol. The van der Waals surface area contributed by atoms with Gasteiger partial charge in [0.15, 0.2) is 11.9 Å². The number of ether oxygens (including phenoxy) is 2. The van der Waals surface area contributed by atoms with Crippen molar-refractivity contribution in [3.63, 3.8) is 0 Å². The highest BCUT2D eigenvalue weighted by Crippen LogP contribution is 2.21. The van der Waals surface area contributed by atoms with Crippen molar-refractivity contribution in [2.75, 3.05) is 7.11 Å². The number of carbonyl (C=O) groups excluding carboxylic acids is 3. The molecule has 0 aliphatic carbocycles. The van der Waals surface area contributed by atoms with E-state index >= 15 is 0 Å². The number of H-pyrrole nitrogens is 1. The molecule has 2 rings (SSSR count). The van der Waals surface area contributed by atoms with E-state index in [4.69, 9.17) is 9.47 Å². The highest BCUT2D eigenvalue weighted by Gasteiger charge is 2.26. The van der Waals surface area contributed by atoms with Crippen molar-refractivity contribution < 1.29 is 23.9 Å². The summed E-state index contributed by atoms with van der Waals surface area (Å²) >= 11 is 0. The van der Waals surface area contributed by atoms with Crippen LogP contribution in [-0.4, -0.2) is 40.7 Å². The fourth-order valence-corrected chi connectivity index (χ4v) is 2.63. The van der Waals surface area contributed by atoms with Crippen molar-refractivity contribution in [1.82, 2.24) is 9.97 Å². The van der Waals surface area contributed by atoms with E-state index in [-0.39, 0.29) is 17.0 Å². The first-order valence-corrected chi connectivity index (χ1v) is 7.71. The predicted molar refractivity (Wildman–Crippen MR) is 90.3 cm³/mol. The normalized spacial score (nSPS) is 11.7. The number of carbonyl (C=O) groups is 3. The number of rotatable bonds is 6. The van der Waals surface area contributed by atoms with Crippen molar-refractivity contribution >= 4 is 17.5 Å². The number of aromatic amines is 1. The second kappa shape index (κ2) is 7.29. The summed E-state index contributed by atoms with van der Waals surface area (Å²) in [7, 11) is 1.47. The Morgan fingerprint density at radius 1 is 1.20 bits per heavy atom. The number of hydrogen-bond acceptors (Lipinski definition) is 6. The van der Waals surface area contributed by atoms with Crippen molar-refractivity contribution in [1.29, 1.82) is 0 Å². The molecule has 0 radical (unpaired) electrons. The summed E-state index contributed by atoms with van der Waals surface area (Å²) < 4.78 is 10.1. The van der Waals surface area contributed by atoms with Gasteiger partial charge in [0, 0.05) is 23.5 Å². The minimum Gasteiger partial charge on any atom is -0.481 e. The van der Waals surface area contributed by atoms with Crippen LogP contribution >= 0.6 is 0 Å². The van der Waals surface area contributed by atoms with Gasteiger partial charge in [-0.2, -0.15) is 0 Å². The van der Waals surface area contributed by atoms with E-state index in [0.29, 0.717) is 22.7 Å². The quantitative estimate of drug-likeness (QED) is 0.639. The van der Waals surface area contributed by atoms with Crippen LogP contribution in [0.15, 0.2) is 18.3 Å². The lowest BCUT2D eigenvalue weighted by Gasteiger charge is -2.12. The first-order chi connectivity index (χ1) is 11.8. The number of methoxy groups -OCH3 is 1. The summed E-state index contributed by atoms with van der Waals surface area (Å²) in [6.45, 7) is 6.34. The maximum absolute atomic E-state index is 12.6. The number of pyridine rings is 1. The number of esters is 1. The molecule has 0 saturated heterocycles. The summed E-state index contributed by atoms with van der Waals surface area (Å²) in [5.41, 5.74) is 2.15. The van der Waals surface area contributed by atoms with Crippen LogP contribution < -0.4 is 4.74 Å². The molecule has 1 unspecified atom stereocenters. The second-order valence-corrected chi connectivity index (χ2v) is 5.68. The summed E-state index contributed by atoms with van der Waals surface area (Å²) in [6.07, 6.45) is 0.308. The highest BCUT2D eigenvalue weighted by molar-refractivity contribution is 6.05. The third kappa shape index (κ3) is 3.76. The minimum atomic E-state index is -1.01. The predicted octanol–water partition coefficient (Wildman–Crippen LogP) is 2.67. The van der Waals surface area contributed by atoms with Gasteiger partial charge >= 0.3 is 5.97 Å². The molecule has 0 spiro atoms. The second-order valence-electron chi connectivity index (χ2n) is 5.68. The Kier molecular flexibility index (Phi) is 5.36. The van der Waals surface area contributed by atoms with Gasteiger partial charge in [0.05, 0.1) is 18.4 Å². The number of aromatic nitrogens is 2. The molecule has 0 aliphatic rings. The molecule has 25 heavy (non-hydrogen) atoms. The van der Waals surface area contributed by atoms with Gasteiger partial charge in [-0.15, -0.1) is 0 Å². The summed E-state index contributed by atoms with van der Waals surface area (Å²) in [4.78, 5) is 43.2. The zero-order valence-electron chi connectivity index (χ0n) is 14.8. The standard InChI is InChI=1S/C18H20N2O5/c1-9-15(11(3)21)10(2)20-16(9)17(22)12(4)25-18(23)13-6-7-14(24-5)19-8-13/h6-8,12,20H,1-5H3. The van der Waals surface area contributed by atoms with Crippen LogP contribution in [0.1, 0.15) is 56.3 Å². The molecule has 0 saturated carbocycles. The highest BCUT2D eigenvalue weighted by atomic mass is 16.5. The Morgan fingerprint density at radius 2 is 1.88 bits per heavy atom. The topological polar surface area (TPSA) is 98.4 Å². The molecule has 2 aromatic rings. The lowest BCUT2D eigenvalue weighted by atomic mass is 10.0. The molecule has 7 heteroatoms. The SMILES string of the molecule is COc1ccc(C(=O)OC(C)C(=O)c2[nH]c(C)c(C(C)=O)c2C)cn1. The number of aryl methyl sites for hydroxylation is 1. The van der Waals surface area contributed by atoms with Crippen LogP contribution in [0.4, 0.5) is 0 Å². The van der Waals surface area contributed by atoms with Crippen molar-refractivity contribution in [2.45, 2.75) is 33.8 Å². The Labute approximate surface area is 145 Å². The van der Waals surface area contributed by atoms with E-state index in [9.17, 15) is 14.4 Å². The zero-order chi connectivity index (χ0) is 18.7. The number of Topliss-reactive ketones (excluding diaryl/α,β-unsaturated/α-hetero) is 2. The smallest absolute Gasteiger partial charge is 0.340 e. The molecular weight excluding hydrogens is 324 g/mol. The first kappa shape index (κ1) is 18.4. The van der Waals surface area contributed by atoms with Gasteiger partial charge < -0.3 is 14.5 Å². The molecular formula is C18H20N2O5. The van der Waals surface area contributed by atoms with Gasteiger partial charge in [-0.05, 0) is 39.3 Å². The number of nitrogens with one attached hydrogen (secondary N) is 1. The molecule has 1 N–H and O–H groups in total. The van der Waals surface area contributed by atoms with Crippen LogP contribution in [0.3, 0.4) is 0 Å². The maximum Gasteiger partial charge on any atom is 0.340 e. The largest absolute Gasteiger partial charge is 0.481 e. The lowest BCUT2D eigenvalue weighted by molar-refractivity contribution is 0.0316. The molecule has 0 aromatic carbocycles. The monoisotopic (exact) mass is 344 g/mol. The number of ketones is 2. The van der Waals surface area contributed by atoms with Crippen LogP contribution in [0, 0.1) is 13.8 Å². The van der Waals surface area contributed by atoms with Gasteiger partial charge in [0.25, 0.3) is 0 Å². The van der Waals surface area contributed by atoms with Gasteiger partial charge in [-0.1, -0.05) is 0 Å². The Balaban J connectivity index is 2.16. The molecule has 0 aliphatic heterocycles. The zero-order valence-corrected chi connectivity index (χ0v) is 14.8. The van der Waals surface area contributed by atoms with Crippen LogP contribution in [-0.2, 0) is 4.74 Å². The summed E-state index contributed by atoms with van der Waals surface area (Å²) in [5, 5.41) is 0. The fourth-order valence-electron chi connectivity index (χ4n) is 2.63. The van der Waals surface area contributed by atoms with Crippen molar-refractivity contribution in [3.05, 3.63) is 46.4 Å². The van der Waals surface area contributed by atoms with E-state index in [1.807, 2.05) is 0 Å². The van der Waals surface area contributed by atoms with Crippen molar-refractivity contribution in [2.24, 2.45) is 0 Å². The van der Waals surface area contributed by atoms with Crippen LogP contribution in [0.5, 0.6) is 5.88 Å². The van der Waals surface area contributed by atoms with Crippen LogP contribution in [0.25, 0.3) is 0 Å². The molecule has 0 fully saturated rings. The van der Waals surface area contributed by atoms with Gasteiger partial charge in [-0.3, -0.25) is 9.59 Å². The number of nitrogens with zero attached hydrogens (tertiary/aromatic N) is 1. The van der Waals surface area contributed by atoms with E-state index in [0.717, 1.165) is 0 Å². The molecule has 7 nitrogen and oxygen atoms in total. The number of hydrogen-bond donors (Lipinski definition) is 1. The molecule has 132 valence electrons. The lowest BCUT2D eigenvalue weighted by Crippen LogP contribution is -2.25. The summed E-state index contributed by atoms with van der Waals surface area (Å²) in [5.74, 6) is -0.819. The van der Waals surface area contributed by atoms with Crippen LogP contribution in [0.2, 0.25) is 0 Å². The van der Waals surface area contributed by atoms with E-state index in [2.05, 4.69) is 9.97 Å². The van der Waals surface area contributed by atoms with Gasteiger partial charge in [0.1, 0.15) is 0 Å². The Morgan fingerprint density at radius 3 is 2.36 bits per heavy atom. The Hall–Kier alpha value is -2.96. The van der Waals surface area contributed by atoms with Gasteiger partial charge in [0.2, 0.25) is 11.7 Å². The van der Waals surface area contributed by atoms with Gasteiger partial charge in [-0.25, -0.2) is 9.78 Å². The van der Waals surface area contributed by atoms with E-state index in [1.165, 1.54) is 39.3 Å². The van der Waals surface area contributed by atoms with E-state index in [1.54, 1.807) is 13.8 Å². The third-order valence-electron chi connectivity index (χ3n) is 3.87.